The molecule has 22 heavy (non-hydrogen) atoms. The number of carbonyl (C=O) groups excluding carboxylic acids is 1. The summed E-state index contributed by atoms with van der Waals surface area (Å²) >= 11 is 0. The van der Waals surface area contributed by atoms with Crippen LogP contribution in [0, 0.1) is 5.92 Å². The molecule has 2 aromatic rings. The first kappa shape index (κ1) is 14.3. The lowest BCUT2D eigenvalue weighted by molar-refractivity contribution is -0.142. The average molecular weight is 299 g/mol. The van der Waals surface area contributed by atoms with Crippen LogP contribution < -0.4 is 5.32 Å². The molecule has 1 amide bonds. The van der Waals surface area contributed by atoms with Gasteiger partial charge in [-0.2, -0.15) is 5.10 Å². The number of hydrogen-bond donors (Lipinski definition) is 2. The molecule has 0 saturated heterocycles. The number of carboxylic acid groups (broad SMARTS) is 1. The van der Waals surface area contributed by atoms with Crippen LogP contribution in [0.1, 0.15) is 18.4 Å². The predicted molar refractivity (Wildman–Crippen MR) is 79.6 cm³/mol. The van der Waals surface area contributed by atoms with Crippen molar-refractivity contribution in [2.75, 3.05) is 0 Å². The number of aliphatic carboxylic acids is 1. The first-order chi connectivity index (χ1) is 10.6. The molecule has 0 bridgehead atoms. The predicted octanol–water partition coefficient (Wildman–Crippen LogP) is 1.39. The first-order valence-electron chi connectivity index (χ1n) is 7.24. The number of amides is 1. The molecule has 0 aliphatic heterocycles. The minimum absolute atomic E-state index is 0.0773. The Balaban J connectivity index is 1.62. The van der Waals surface area contributed by atoms with Gasteiger partial charge in [-0.25, -0.2) is 9.48 Å². The van der Waals surface area contributed by atoms with Gasteiger partial charge in [0.1, 0.15) is 6.04 Å². The molecule has 1 aromatic heterocycles. The fourth-order valence-electron chi connectivity index (χ4n) is 2.39. The van der Waals surface area contributed by atoms with Gasteiger partial charge >= 0.3 is 5.97 Å². The molecule has 1 heterocycles. The van der Waals surface area contributed by atoms with E-state index in [1.807, 2.05) is 30.3 Å². The quantitative estimate of drug-likeness (QED) is 0.844. The maximum absolute atomic E-state index is 12.0. The van der Waals surface area contributed by atoms with Gasteiger partial charge in [0.2, 0.25) is 5.91 Å². The van der Waals surface area contributed by atoms with E-state index in [2.05, 4.69) is 10.4 Å². The average Bonchev–Trinajstić information content (AvgIpc) is 3.24. The van der Waals surface area contributed by atoms with Gasteiger partial charge in [0.05, 0.1) is 18.3 Å². The van der Waals surface area contributed by atoms with Gasteiger partial charge < -0.3 is 10.4 Å². The zero-order valence-electron chi connectivity index (χ0n) is 12.0. The van der Waals surface area contributed by atoms with Crippen LogP contribution in [0.2, 0.25) is 0 Å². The topological polar surface area (TPSA) is 84.2 Å². The lowest BCUT2D eigenvalue weighted by Crippen LogP contribution is -2.43. The van der Waals surface area contributed by atoms with Crippen molar-refractivity contribution in [2.24, 2.45) is 5.92 Å². The molecular weight excluding hydrogens is 282 g/mol. The van der Waals surface area contributed by atoms with E-state index in [9.17, 15) is 9.59 Å². The summed E-state index contributed by atoms with van der Waals surface area (Å²) < 4.78 is 1.69. The summed E-state index contributed by atoms with van der Waals surface area (Å²) in [7, 11) is 0. The van der Waals surface area contributed by atoms with Crippen molar-refractivity contribution in [3.8, 4) is 5.69 Å². The summed E-state index contributed by atoms with van der Waals surface area (Å²) in [5, 5.41) is 15.9. The Labute approximate surface area is 127 Å². The van der Waals surface area contributed by atoms with Crippen LogP contribution in [0.4, 0.5) is 0 Å². The third-order valence-corrected chi connectivity index (χ3v) is 3.70. The van der Waals surface area contributed by atoms with Gasteiger partial charge in [0, 0.05) is 6.20 Å². The molecule has 0 spiro atoms. The fraction of sp³-hybridized carbons (Fsp3) is 0.312. The van der Waals surface area contributed by atoms with Gasteiger partial charge in [0.25, 0.3) is 0 Å². The molecular formula is C16H17N3O3. The Morgan fingerprint density at radius 3 is 2.68 bits per heavy atom. The Kier molecular flexibility index (Phi) is 3.91. The first-order valence-corrected chi connectivity index (χ1v) is 7.24. The van der Waals surface area contributed by atoms with Crippen LogP contribution in [0.15, 0.2) is 42.7 Å². The van der Waals surface area contributed by atoms with Gasteiger partial charge in [-0.3, -0.25) is 4.79 Å². The van der Waals surface area contributed by atoms with Crippen LogP contribution in [-0.2, 0) is 16.0 Å². The number of rotatable bonds is 6. The summed E-state index contributed by atoms with van der Waals surface area (Å²) in [6.07, 6.45) is 5.26. The number of hydrogen-bond acceptors (Lipinski definition) is 3. The summed E-state index contributed by atoms with van der Waals surface area (Å²) in [4.78, 5) is 23.1. The standard InChI is InChI=1S/C16H17N3O3/c20-14(18-15(16(21)22)12-6-7-12)8-11-9-17-19(10-11)13-4-2-1-3-5-13/h1-5,9-10,12,15H,6-8H2,(H,18,20)(H,21,22). The zero-order chi connectivity index (χ0) is 15.5. The number of carboxylic acids is 1. The van der Waals surface area contributed by atoms with Crippen molar-refractivity contribution in [2.45, 2.75) is 25.3 Å². The van der Waals surface area contributed by atoms with Crippen molar-refractivity contribution >= 4 is 11.9 Å². The normalized spacial score (nSPS) is 15.3. The fourth-order valence-corrected chi connectivity index (χ4v) is 2.39. The van der Waals surface area contributed by atoms with Crippen LogP contribution in [0.3, 0.4) is 0 Å². The Bertz CT molecular complexity index is 677. The SMILES string of the molecule is O=C(Cc1cnn(-c2ccccc2)c1)NC(C(=O)O)C1CC1. The Morgan fingerprint density at radius 1 is 1.32 bits per heavy atom. The molecule has 1 aromatic carbocycles. The van der Waals surface area contributed by atoms with Crippen molar-refractivity contribution in [1.82, 2.24) is 15.1 Å². The summed E-state index contributed by atoms with van der Waals surface area (Å²) in [6.45, 7) is 0. The minimum atomic E-state index is -0.962. The van der Waals surface area contributed by atoms with E-state index in [1.54, 1.807) is 17.1 Å². The third-order valence-electron chi connectivity index (χ3n) is 3.70. The molecule has 1 aliphatic carbocycles. The van der Waals surface area contributed by atoms with Gasteiger partial charge in [0.15, 0.2) is 0 Å². The number of para-hydroxylation sites is 1. The van der Waals surface area contributed by atoms with Crippen molar-refractivity contribution < 1.29 is 14.7 Å². The van der Waals surface area contributed by atoms with E-state index in [-0.39, 0.29) is 18.2 Å². The highest BCUT2D eigenvalue weighted by molar-refractivity contribution is 5.85. The van der Waals surface area contributed by atoms with Crippen molar-refractivity contribution in [3.05, 3.63) is 48.3 Å². The second kappa shape index (κ2) is 6.01. The van der Waals surface area contributed by atoms with E-state index in [0.717, 1.165) is 24.1 Å². The molecule has 0 radical (unpaired) electrons. The van der Waals surface area contributed by atoms with E-state index >= 15 is 0 Å². The number of carbonyl (C=O) groups is 2. The smallest absolute Gasteiger partial charge is 0.326 e. The van der Waals surface area contributed by atoms with Crippen LogP contribution >= 0.6 is 0 Å². The molecule has 114 valence electrons. The summed E-state index contributed by atoms with van der Waals surface area (Å²) in [5.41, 5.74) is 1.66. The third kappa shape index (κ3) is 3.33. The van der Waals surface area contributed by atoms with E-state index in [0.29, 0.717) is 0 Å². The molecule has 3 rings (SSSR count). The molecule has 1 atom stereocenters. The van der Waals surface area contributed by atoms with Crippen molar-refractivity contribution in [3.63, 3.8) is 0 Å². The largest absolute Gasteiger partial charge is 0.480 e. The van der Waals surface area contributed by atoms with E-state index < -0.39 is 12.0 Å². The maximum Gasteiger partial charge on any atom is 0.326 e. The number of nitrogens with one attached hydrogen (secondary N) is 1. The molecule has 6 nitrogen and oxygen atoms in total. The highest BCUT2D eigenvalue weighted by Crippen LogP contribution is 2.32. The molecule has 1 aliphatic rings. The second-order valence-corrected chi connectivity index (χ2v) is 5.53. The lowest BCUT2D eigenvalue weighted by atomic mass is 10.1. The van der Waals surface area contributed by atoms with E-state index in [4.69, 9.17) is 5.11 Å². The number of nitrogens with zero attached hydrogens (tertiary/aromatic N) is 2. The van der Waals surface area contributed by atoms with Gasteiger partial charge in [-0.1, -0.05) is 18.2 Å². The summed E-state index contributed by atoms with van der Waals surface area (Å²) in [5.74, 6) is -1.17. The zero-order valence-corrected chi connectivity index (χ0v) is 12.0. The number of benzene rings is 1. The Morgan fingerprint density at radius 2 is 2.05 bits per heavy atom. The molecule has 1 unspecified atom stereocenters. The molecule has 1 saturated carbocycles. The molecule has 2 N–H and O–H groups in total. The highest BCUT2D eigenvalue weighted by atomic mass is 16.4. The van der Waals surface area contributed by atoms with Crippen LogP contribution in [0.25, 0.3) is 5.69 Å². The maximum atomic E-state index is 12.0. The van der Waals surface area contributed by atoms with Crippen molar-refractivity contribution in [1.29, 1.82) is 0 Å². The molecule has 1 fully saturated rings. The summed E-state index contributed by atoms with van der Waals surface area (Å²) in [6, 6.07) is 8.82. The van der Waals surface area contributed by atoms with Crippen LogP contribution in [0.5, 0.6) is 0 Å². The molecule has 6 heteroatoms. The van der Waals surface area contributed by atoms with Gasteiger partial charge in [-0.15, -0.1) is 0 Å². The van der Waals surface area contributed by atoms with Gasteiger partial charge in [-0.05, 0) is 36.5 Å². The lowest BCUT2D eigenvalue weighted by Gasteiger charge is -2.12. The monoisotopic (exact) mass is 299 g/mol. The number of aromatic nitrogens is 2. The Hall–Kier alpha value is -2.63. The highest BCUT2D eigenvalue weighted by Gasteiger charge is 2.37. The second-order valence-electron chi connectivity index (χ2n) is 5.53. The minimum Gasteiger partial charge on any atom is -0.480 e. The van der Waals surface area contributed by atoms with Crippen LogP contribution in [-0.4, -0.2) is 32.8 Å². The van der Waals surface area contributed by atoms with E-state index in [1.165, 1.54) is 0 Å².